The molecule has 0 radical (unpaired) electrons. The molecular formula is C12H11F6N3O2. The topological polar surface area (TPSA) is 69.0 Å². The Morgan fingerprint density at radius 2 is 1.78 bits per heavy atom. The van der Waals surface area contributed by atoms with Crippen molar-refractivity contribution in [3.05, 3.63) is 23.9 Å². The van der Waals surface area contributed by atoms with Crippen LogP contribution in [0.1, 0.15) is 12.6 Å². The first-order valence-corrected chi connectivity index (χ1v) is 6.24. The number of hydrogen-bond donors (Lipinski definition) is 2. The molecule has 11 heteroatoms. The highest BCUT2D eigenvalue weighted by molar-refractivity contribution is 5.89. The van der Waals surface area contributed by atoms with Crippen molar-refractivity contribution in [2.24, 2.45) is 11.0 Å². The van der Waals surface area contributed by atoms with Gasteiger partial charge in [0.15, 0.2) is 18.1 Å². The minimum Gasteiger partial charge on any atom is -0.383 e. The van der Waals surface area contributed by atoms with Gasteiger partial charge in [0.25, 0.3) is 0 Å². The van der Waals surface area contributed by atoms with Crippen molar-refractivity contribution in [3.63, 3.8) is 0 Å². The Kier molecular flexibility index (Phi) is 4.28. The largest absolute Gasteiger partial charge is 0.433 e. The normalized spacial score (nSPS) is 23.9. The molecule has 0 saturated heterocycles. The Bertz CT molecular complexity index is 616. The minimum atomic E-state index is -5.01. The van der Waals surface area contributed by atoms with E-state index < -0.39 is 42.1 Å². The number of halogens is 6. The molecule has 0 aromatic carbocycles. The fraction of sp³-hybridized carbons (Fsp3) is 0.500. The van der Waals surface area contributed by atoms with Crippen LogP contribution in [0, 0.1) is 5.92 Å². The van der Waals surface area contributed by atoms with Crippen LogP contribution in [0.3, 0.4) is 0 Å². The summed E-state index contributed by atoms with van der Waals surface area (Å²) in [6.07, 6.45) is -14.7. The molecule has 1 aromatic rings. The van der Waals surface area contributed by atoms with E-state index in [1.54, 1.807) is 0 Å². The SMILES string of the molecule is CC1=NN(c2cccc(C(F)(F)F)n2)C(O)C1C(O)C(F)(F)F. The van der Waals surface area contributed by atoms with Gasteiger partial charge in [0.2, 0.25) is 0 Å². The van der Waals surface area contributed by atoms with Gasteiger partial charge in [0.05, 0.1) is 5.92 Å². The first kappa shape index (κ1) is 17.5. The van der Waals surface area contributed by atoms with Gasteiger partial charge in [-0.15, -0.1) is 0 Å². The molecule has 1 aliphatic rings. The third-order valence-electron chi connectivity index (χ3n) is 3.25. The van der Waals surface area contributed by atoms with Crippen LogP contribution >= 0.6 is 0 Å². The van der Waals surface area contributed by atoms with Crippen molar-refractivity contribution in [2.75, 3.05) is 5.01 Å². The Hall–Kier alpha value is -1.88. The lowest BCUT2D eigenvalue weighted by molar-refractivity contribution is -0.219. The highest BCUT2D eigenvalue weighted by Crippen LogP contribution is 2.35. The minimum absolute atomic E-state index is 0.276. The molecule has 0 bridgehead atoms. The number of nitrogens with zero attached hydrogens (tertiary/aromatic N) is 3. The van der Waals surface area contributed by atoms with Crippen molar-refractivity contribution in [2.45, 2.75) is 31.6 Å². The third kappa shape index (κ3) is 3.39. The second-order valence-electron chi connectivity index (χ2n) is 4.89. The van der Waals surface area contributed by atoms with Crippen LogP contribution in [0.4, 0.5) is 32.2 Å². The maximum absolute atomic E-state index is 12.6. The number of aromatic nitrogens is 1. The van der Waals surface area contributed by atoms with Gasteiger partial charge in [-0.25, -0.2) is 9.99 Å². The summed E-state index contributed by atoms with van der Waals surface area (Å²) in [5.41, 5.74) is -1.56. The number of rotatable bonds is 2. The molecular weight excluding hydrogens is 332 g/mol. The summed E-state index contributed by atoms with van der Waals surface area (Å²) in [7, 11) is 0. The predicted octanol–water partition coefficient (Wildman–Crippen LogP) is 2.15. The Morgan fingerprint density at radius 1 is 1.17 bits per heavy atom. The van der Waals surface area contributed by atoms with E-state index >= 15 is 0 Å². The number of pyridine rings is 1. The van der Waals surface area contributed by atoms with E-state index in [-0.39, 0.29) is 5.71 Å². The molecule has 1 aliphatic heterocycles. The standard InChI is InChI=1S/C12H11F6N3O2/c1-5-8(9(22)12(16,17)18)10(23)21(20-5)7-4-2-3-6(19-7)11(13,14)15/h2-4,8-10,22-23H,1H3. The second kappa shape index (κ2) is 5.64. The molecule has 0 fully saturated rings. The molecule has 2 N–H and O–H groups in total. The average molecular weight is 343 g/mol. The highest BCUT2D eigenvalue weighted by Gasteiger charge is 2.51. The Labute approximate surface area is 125 Å². The van der Waals surface area contributed by atoms with Gasteiger partial charge in [0, 0.05) is 5.71 Å². The van der Waals surface area contributed by atoms with Gasteiger partial charge in [-0.2, -0.15) is 31.4 Å². The van der Waals surface area contributed by atoms with Crippen LogP contribution in [0.2, 0.25) is 0 Å². The van der Waals surface area contributed by atoms with E-state index in [0.717, 1.165) is 19.1 Å². The van der Waals surface area contributed by atoms with Crippen molar-refractivity contribution >= 4 is 11.5 Å². The molecule has 128 valence electrons. The molecule has 2 rings (SSSR count). The zero-order valence-corrected chi connectivity index (χ0v) is 11.5. The molecule has 0 amide bonds. The second-order valence-corrected chi connectivity index (χ2v) is 4.89. The van der Waals surface area contributed by atoms with E-state index in [0.29, 0.717) is 11.1 Å². The first-order valence-electron chi connectivity index (χ1n) is 6.24. The lowest BCUT2D eigenvalue weighted by Crippen LogP contribution is -2.46. The molecule has 0 aliphatic carbocycles. The van der Waals surface area contributed by atoms with Crippen LogP contribution in [0.5, 0.6) is 0 Å². The maximum Gasteiger partial charge on any atom is 0.433 e. The van der Waals surface area contributed by atoms with E-state index in [2.05, 4.69) is 10.1 Å². The van der Waals surface area contributed by atoms with E-state index in [1.165, 1.54) is 0 Å². The van der Waals surface area contributed by atoms with E-state index in [9.17, 15) is 36.6 Å². The van der Waals surface area contributed by atoms with Gasteiger partial charge in [-0.1, -0.05) is 6.07 Å². The highest BCUT2D eigenvalue weighted by atomic mass is 19.4. The zero-order chi connectivity index (χ0) is 17.6. The van der Waals surface area contributed by atoms with Crippen molar-refractivity contribution in [1.82, 2.24) is 4.98 Å². The fourth-order valence-corrected chi connectivity index (χ4v) is 2.15. The molecule has 0 spiro atoms. The molecule has 3 unspecified atom stereocenters. The number of hydrogen-bond acceptors (Lipinski definition) is 5. The number of anilines is 1. The lowest BCUT2D eigenvalue weighted by atomic mass is 9.96. The van der Waals surface area contributed by atoms with Gasteiger partial charge in [-0.3, -0.25) is 0 Å². The van der Waals surface area contributed by atoms with Gasteiger partial charge < -0.3 is 10.2 Å². The third-order valence-corrected chi connectivity index (χ3v) is 3.25. The summed E-state index contributed by atoms with van der Waals surface area (Å²) >= 11 is 0. The van der Waals surface area contributed by atoms with Crippen LogP contribution in [-0.2, 0) is 6.18 Å². The number of aliphatic hydroxyl groups excluding tert-OH is 2. The van der Waals surface area contributed by atoms with E-state index in [1.807, 2.05) is 0 Å². The Balaban J connectivity index is 2.33. The molecule has 3 atom stereocenters. The lowest BCUT2D eigenvalue weighted by Gasteiger charge is -2.27. The summed E-state index contributed by atoms with van der Waals surface area (Å²) in [4.78, 5) is 3.24. The molecule has 23 heavy (non-hydrogen) atoms. The molecule has 0 saturated carbocycles. The number of alkyl halides is 6. The summed E-state index contributed by atoms with van der Waals surface area (Å²) in [6, 6.07) is 2.71. The smallest absolute Gasteiger partial charge is 0.383 e. The van der Waals surface area contributed by atoms with Crippen molar-refractivity contribution in [1.29, 1.82) is 0 Å². The summed E-state index contributed by atoms with van der Waals surface area (Å²) in [6.45, 7) is 1.12. The average Bonchev–Trinajstić information content (AvgIpc) is 2.71. The molecule has 2 heterocycles. The quantitative estimate of drug-likeness (QED) is 0.808. The molecule has 5 nitrogen and oxygen atoms in total. The zero-order valence-electron chi connectivity index (χ0n) is 11.5. The predicted molar refractivity (Wildman–Crippen MR) is 66.4 cm³/mol. The maximum atomic E-state index is 12.6. The fourth-order valence-electron chi connectivity index (χ4n) is 2.15. The monoisotopic (exact) mass is 343 g/mol. The van der Waals surface area contributed by atoms with Crippen molar-refractivity contribution < 1.29 is 36.6 Å². The summed E-state index contributed by atoms with van der Waals surface area (Å²) in [5.74, 6) is -2.31. The van der Waals surface area contributed by atoms with E-state index in [4.69, 9.17) is 0 Å². The number of hydrazone groups is 1. The van der Waals surface area contributed by atoms with Crippen LogP contribution in [0.15, 0.2) is 23.3 Å². The van der Waals surface area contributed by atoms with Gasteiger partial charge in [-0.05, 0) is 19.1 Å². The summed E-state index contributed by atoms with van der Waals surface area (Å²) < 4.78 is 75.7. The van der Waals surface area contributed by atoms with Crippen molar-refractivity contribution in [3.8, 4) is 0 Å². The summed E-state index contributed by atoms with van der Waals surface area (Å²) in [5, 5.41) is 23.3. The van der Waals surface area contributed by atoms with Gasteiger partial charge in [0.1, 0.15) is 5.69 Å². The Morgan fingerprint density at radius 3 is 2.30 bits per heavy atom. The van der Waals surface area contributed by atoms with Gasteiger partial charge >= 0.3 is 12.4 Å². The van der Waals surface area contributed by atoms with Crippen LogP contribution in [0.25, 0.3) is 0 Å². The first-order chi connectivity index (χ1) is 10.4. The van der Waals surface area contributed by atoms with Crippen LogP contribution < -0.4 is 5.01 Å². The molecule has 1 aromatic heterocycles. The number of aliphatic hydroxyl groups is 2. The van der Waals surface area contributed by atoms with Crippen LogP contribution in [-0.4, -0.2) is 39.4 Å².